The maximum Gasteiger partial charge on any atom is 0.0859 e. The van der Waals surface area contributed by atoms with Gasteiger partial charge in [-0.1, -0.05) is 12.5 Å². The Balaban J connectivity index is 1.61. The molecule has 22 heavy (non-hydrogen) atoms. The number of hydrogen-bond donors (Lipinski definition) is 0. The van der Waals surface area contributed by atoms with E-state index in [0.29, 0.717) is 12.5 Å². The van der Waals surface area contributed by atoms with E-state index in [-0.39, 0.29) is 5.60 Å². The Labute approximate surface area is 137 Å². The molecule has 0 aromatic carbocycles. The molecule has 1 spiro atoms. The summed E-state index contributed by atoms with van der Waals surface area (Å²) in [6, 6.07) is 4.49. The largest absolute Gasteiger partial charge is 0.377 e. The molecule has 1 saturated carbocycles. The lowest BCUT2D eigenvalue weighted by Crippen LogP contribution is -2.54. The maximum absolute atomic E-state index is 6.30. The van der Waals surface area contributed by atoms with Crippen molar-refractivity contribution in [3.63, 3.8) is 0 Å². The summed E-state index contributed by atoms with van der Waals surface area (Å²) < 4.78 is 12.0. The Bertz CT molecular complexity index is 501. The summed E-state index contributed by atoms with van der Waals surface area (Å²) in [5.41, 5.74) is 0.0196. The molecule has 2 fully saturated rings. The van der Waals surface area contributed by atoms with Gasteiger partial charge in [-0.05, 0) is 31.9 Å². The number of rotatable bonds is 6. The van der Waals surface area contributed by atoms with Crippen LogP contribution in [0.25, 0.3) is 0 Å². The van der Waals surface area contributed by atoms with Crippen molar-refractivity contribution >= 4 is 11.3 Å². The van der Waals surface area contributed by atoms with Gasteiger partial charge in [0.05, 0.1) is 25.4 Å². The van der Waals surface area contributed by atoms with Crippen molar-refractivity contribution in [1.29, 1.82) is 0 Å². The standard InChI is InChI=1S/C18H27NO2S/c1-3-10-20-13-16-5-4-8-18(16)14-19(9-11-21-18)12-17-7-6-15(2)22-17/h3,6-7,16H,1,4-5,8-14H2,2H3/t16-,18-/m0/s1. The molecule has 4 heteroatoms. The van der Waals surface area contributed by atoms with Crippen molar-refractivity contribution < 1.29 is 9.47 Å². The van der Waals surface area contributed by atoms with Gasteiger partial charge in [0, 0.05) is 35.3 Å². The van der Waals surface area contributed by atoms with Gasteiger partial charge in [-0.2, -0.15) is 0 Å². The number of morpholine rings is 1. The Kier molecular flexibility index (Phi) is 5.34. The van der Waals surface area contributed by atoms with Crippen molar-refractivity contribution in [2.45, 2.75) is 38.3 Å². The minimum atomic E-state index is 0.0196. The van der Waals surface area contributed by atoms with Gasteiger partial charge in [-0.15, -0.1) is 17.9 Å². The van der Waals surface area contributed by atoms with Crippen LogP contribution < -0.4 is 0 Å². The molecule has 0 N–H and O–H groups in total. The van der Waals surface area contributed by atoms with Gasteiger partial charge in [0.1, 0.15) is 0 Å². The molecule has 2 heterocycles. The van der Waals surface area contributed by atoms with Crippen LogP contribution in [0.2, 0.25) is 0 Å². The first kappa shape index (κ1) is 16.2. The van der Waals surface area contributed by atoms with E-state index in [4.69, 9.17) is 9.47 Å². The summed E-state index contributed by atoms with van der Waals surface area (Å²) in [6.07, 6.45) is 5.49. The molecule has 1 aliphatic carbocycles. The normalized spacial score (nSPS) is 29.2. The Hall–Kier alpha value is -0.680. The van der Waals surface area contributed by atoms with Crippen LogP contribution in [0, 0.1) is 12.8 Å². The smallest absolute Gasteiger partial charge is 0.0859 e. The average Bonchev–Trinajstić information content (AvgIpc) is 3.07. The van der Waals surface area contributed by atoms with Crippen molar-refractivity contribution in [3.8, 4) is 0 Å². The third-order valence-corrected chi connectivity index (χ3v) is 5.90. The third kappa shape index (κ3) is 3.62. The molecule has 0 unspecified atom stereocenters. The van der Waals surface area contributed by atoms with Gasteiger partial charge in [-0.3, -0.25) is 4.90 Å². The van der Waals surface area contributed by atoms with Crippen molar-refractivity contribution in [3.05, 3.63) is 34.5 Å². The van der Waals surface area contributed by atoms with E-state index >= 15 is 0 Å². The number of hydrogen-bond acceptors (Lipinski definition) is 4. The van der Waals surface area contributed by atoms with Crippen LogP contribution in [0.5, 0.6) is 0 Å². The van der Waals surface area contributed by atoms with E-state index in [1.807, 2.05) is 17.4 Å². The fraction of sp³-hybridized carbons (Fsp3) is 0.667. The van der Waals surface area contributed by atoms with Gasteiger partial charge in [0.2, 0.25) is 0 Å². The predicted molar refractivity (Wildman–Crippen MR) is 91.4 cm³/mol. The highest BCUT2D eigenvalue weighted by atomic mass is 32.1. The van der Waals surface area contributed by atoms with Crippen LogP contribution in [-0.4, -0.2) is 43.4 Å². The van der Waals surface area contributed by atoms with E-state index in [9.17, 15) is 0 Å². The number of thiophene rings is 1. The summed E-state index contributed by atoms with van der Waals surface area (Å²) in [6.45, 7) is 11.4. The highest BCUT2D eigenvalue weighted by Crippen LogP contribution is 2.41. The summed E-state index contributed by atoms with van der Waals surface area (Å²) in [4.78, 5) is 5.43. The molecule has 2 aliphatic rings. The Morgan fingerprint density at radius 2 is 2.45 bits per heavy atom. The zero-order valence-electron chi connectivity index (χ0n) is 13.6. The maximum atomic E-state index is 6.30. The molecule has 1 aromatic rings. The SMILES string of the molecule is C=CCOC[C@@H]1CCC[C@]12CN(Cc1ccc(C)s1)CCO2. The summed E-state index contributed by atoms with van der Waals surface area (Å²) in [5, 5.41) is 0. The lowest BCUT2D eigenvalue weighted by Gasteiger charge is -2.44. The average molecular weight is 321 g/mol. The minimum absolute atomic E-state index is 0.0196. The van der Waals surface area contributed by atoms with Crippen LogP contribution in [0.3, 0.4) is 0 Å². The van der Waals surface area contributed by atoms with Crippen molar-refractivity contribution in [1.82, 2.24) is 4.90 Å². The molecule has 1 aliphatic heterocycles. The van der Waals surface area contributed by atoms with Crippen LogP contribution in [-0.2, 0) is 16.0 Å². The zero-order chi connectivity index (χ0) is 15.4. The highest BCUT2D eigenvalue weighted by Gasteiger charge is 2.46. The van der Waals surface area contributed by atoms with Crippen LogP contribution in [0.1, 0.15) is 29.0 Å². The third-order valence-electron chi connectivity index (χ3n) is 4.92. The van der Waals surface area contributed by atoms with Crippen LogP contribution >= 0.6 is 11.3 Å². The van der Waals surface area contributed by atoms with Gasteiger partial charge in [-0.25, -0.2) is 0 Å². The molecule has 0 radical (unpaired) electrons. The molecule has 1 aromatic heterocycles. The van der Waals surface area contributed by atoms with Crippen LogP contribution in [0.4, 0.5) is 0 Å². The lowest BCUT2D eigenvalue weighted by atomic mass is 9.89. The number of aryl methyl sites for hydroxylation is 1. The second-order valence-corrected chi connectivity index (χ2v) is 7.92. The van der Waals surface area contributed by atoms with Crippen LogP contribution in [0.15, 0.2) is 24.8 Å². The van der Waals surface area contributed by atoms with E-state index in [0.717, 1.165) is 32.8 Å². The molecular weight excluding hydrogens is 294 g/mol. The molecule has 3 rings (SSSR count). The van der Waals surface area contributed by atoms with E-state index < -0.39 is 0 Å². The fourth-order valence-electron chi connectivity index (χ4n) is 3.85. The Morgan fingerprint density at radius 3 is 3.23 bits per heavy atom. The van der Waals surface area contributed by atoms with Crippen molar-refractivity contribution in [2.75, 3.05) is 32.9 Å². The first-order valence-electron chi connectivity index (χ1n) is 8.32. The van der Waals surface area contributed by atoms with Crippen molar-refractivity contribution in [2.24, 2.45) is 5.92 Å². The topological polar surface area (TPSA) is 21.7 Å². The molecule has 122 valence electrons. The predicted octanol–water partition coefficient (Wildman–Crippen LogP) is 3.63. The molecule has 1 saturated heterocycles. The summed E-state index contributed by atoms with van der Waals surface area (Å²) >= 11 is 1.91. The summed E-state index contributed by atoms with van der Waals surface area (Å²) in [5.74, 6) is 0.528. The molecular formula is C18H27NO2S. The van der Waals surface area contributed by atoms with E-state index in [1.165, 1.54) is 29.0 Å². The fourth-order valence-corrected chi connectivity index (χ4v) is 4.78. The number of ether oxygens (including phenoxy) is 2. The van der Waals surface area contributed by atoms with E-state index in [1.54, 1.807) is 0 Å². The van der Waals surface area contributed by atoms with Gasteiger partial charge >= 0.3 is 0 Å². The second-order valence-electron chi connectivity index (χ2n) is 6.55. The molecule has 3 nitrogen and oxygen atoms in total. The van der Waals surface area contributed by atoms with E-state index in [2.05, 4.69) is 30.5 Å². The van der Waals surface area contributed by atoms with Gasteiger partial charge in [0.15, 0.2) is 0 Å². The second kappa shape index (κ2) is 7.26. The molecule has 2 atom stereocenters. The van der Waals surface area contributed by atoms with Gasteiger partial charge in [0.25, 0.3) is 0 Å². The Morgan fingerprint density at radius 1 is 1.55 bits per heavy atom. The monoisotopic (exact) mass is 321 g/mol. The van der Waals surface area contributed by atoms with Gasteiger partial charge < -0.3 is 9.47 Å². The quantitative estimate of drug-likeness (QED) is 0.590. The molecule has 0 amide bonds. The zero-order valence-corrected chi connectivity index (χ0v) is 14.4. The highest BCUT2D eigenvalue weighted by molar-refractivity contribution is 7.11. The lowest BCUT2D eigenvalue weighted by molar-refractivity contribution is -0.142. The minimum Gasteiger partial charge on any atom is -0.377 e. The first-order valence-corrected chi connectivity index (χ1v) is 9.14. The molecule has 0 bridgehead atoms. The summed E-state index contributed by atoms with van der Waals surface area (Å²) in [7, 11) is 0. The number of nitrogens with zero attached hydrogens (tertiary/aromatic N) is 1. The first-order chi connectivity index (χ1) is 10.7.